The Labute approximate surface area is 139 Å². The normalized spacial score (nSPS) is 26.2. The molecule has 0 N–H and O–H groups in total. The van der Waals surface area contributed by atoms with Crippen LogP contribution in [-0.2, 0) is 4.79 Å². The lowest BCUT2D eigenvalue weighted by Crippen LogP contribution is -2.24. The molecule has 5 rings (SSSR count). The maximum absolute atomic E-state index is 12.1. The van der Waals surface area contributed by atoms with Gasteiger partial charge in [-0.3, -0.25) is 9.78 Å². The van der Waals surface area contributed by atoms with E-state index in [0.717, 1.165) is 42.0 Å². The highest BCUT2D eigenvalue weighted by molar-refractivity contribution is 5.94. The number of carbonyl (C=O) groups excluding carboxylic acids is 1. The second-order valence-electron chi connectivity index (χ2n) is 6.91. The fraction of sp³-hybridized carbons (Fsp3) is 0.368. The number of carbonyl (C=O) groups is 1. The van der Waals surface area contributed by atoms with E-state index in [9.17, 15) is 4.79 Å². The third-order valence-corrected chi connectivity index (χ3v) is 5.51. The van der Waals surface area contributed by atoms with Crippen molar-refractivity contribution < 1.29 is 9.32 Å². The van der Waals surface area contributed by atoms with E-state index >= 15 is 0 Å². The van der Waals surface area contributed by atoms with Crippen molar-refractivity contribution in [2.24, 2.45) is 11.8 Å². The molecule has 0 radical (unpaired) electrons. The Kier molecular flexibility index (Phi) is 3.01. The summed E-state index contributed by atoms with van der Waals surface area (Å²) in [5, 5.41) is 6.32. The minimum Gasteiger partial charge on any atom is -0.339 e. The molecule has 0 aliphatic heterocycles. The van der Waals surface area contributed by atoms with Gasteiger partial charge in [0.05, 0.1) is 0 Å². The molecule has 2 aromatic heterocycles. The van der Waals surface area contributed by atoms with E-state index in [1.54, 1.807) is 6.20 Å². The lowest BCUT2D eigenvalue weighted by Gasteiger charge is -2.23. The van der Waals surface area contributed by atoms with E-state index in [2.05, 4.69) is 15.1 Å². The smallest absolute Gasteiger partial charge is 0.230 e. The molecule has 3 atom stereocenters. The van der Waals surface area contributed by atoms with Crippen molar-refractivity contribution in [3.8, 4) is 11.4 Å². The Morgan fingerprint density at radius 2 is 1.79 bits per heavy atom. The van der Waals surface area contributed by atoms with Gasteiger partial charge in [0.15, 0.2) is 0 Å². The number of benzene rings is 1. The summed E-state index contributed by atoms with van der Waals surface area (Å²) >= 11 is 0. The van der Waals surface area contributed by atoms with E-state index in [1.807, 2.05) is 30.5 Å². The van der Waals surface area contributed by atoms with Crippen molar-refractivity contribution in [3.05, 3.63) is 42.5 Å². The van der Waals surface area contributed by atoms with E-state index < -0.39 is 0 Å². The molecule has 1 aromatic carbocycles. The third-order valence-electron chi connectivity index (χ3n) is 5.51. The van der Waals surface area contributed by atoms with Crippen LogP contribution in [0.4, 0.5) is 0 Å². The highest BCUT2D eigenvalue weighted by atomic mass is 16.5. The zero-order valence-electron chi connectivity index (χ0n) is 13.2. The van der Waals surface area contributed by atoms with Gasteiger partial charge in [-0.1, -0.05) is 29.4 Å². The van der Waals surface area contributed by atoms with Gasteiger partial charge in [-0.25, -0.2) is 0 Å². The van der Waals surface area contributed by atoms with Crippen LogP contribution in [-0.4, -0.2) is 20.9 Å². The monoisotopic (exact) mass is 319 g/mol. The van der Waals surface area contributed by atoms with Gasteiger partial charge in [0.2, 0.25) is 11.7 Å². The highest BCUT2D eigenvalue weighted by Gasteiger charge is 2.43. The zero-order chi connectivity index (χ0) is 16.1. The maximum atomic E-state index is 12.1. The lowest BCUT2D eigenvalue weighted by molar-refractivity contribution is -0.126. The average Bonchev–Trinajstić information content (AvgIpc) is 3.16. The molecule has 0 amide bonds. The average molecular weight is 319 g/mol. The van der Waals surface area contributed by atoms with Crippen molar-refractivity contribution in [1.29, 1.82) is 0 Å². The summed E-state index contributed by atoms with van der Waals surface area (Å²) in [7, 11) is 0. The summed E-state index contributed by atoms with van der Waals surface area (Å²) in [5.41, 5.74) is 0.887. The number of hydrogen-bond acceptors (Lipinski definition) is 5. The first kappa shape index (κ1) is 13.8. The molecule has 2 saturated carbocycles. The van der Waals surface area contributed by atoms with E-state index in [0.29, 0.717) is 17.5 Å². The number of fused-ring (bicyclic) bond motifs is 3. The second kappa shape index (κ2) is 5.23. The summed E-state index contributed by atoms with van der Waals surface area (Å²) in [6, 6.07) is 8.06. The number of Topliss-reactive ketones (excluding diaryl/α,β-unsaturated/α-hetero) is 1. The van der Waals surface area contributed by atoms with Crippen LogP contribution in [0.5, 0.6) is 0 Å². The van der Waals surface area contributed by atoms with Gasteiger partial charge in [0, 0.05) is 41.1 Å². The number of hydrogen-bond donors (Lipinski definition) is 0. The van der Waals surface area contributed by atoms with Crippen LogP contribution < -0.4 is 0 Å². The highest BCUT2D eigenvalue weighted by Crippen LogP contribution is 2.45. The van der Waals surface area contributed by atoms with Gasteiger partial charge in [-0.2, -0.15) is 4.98 Å². The summed E-state index contributed by atoms with van der Waals surface area (Å²) in [6.45, 7) is 0. The number of rotatable bonds is 2. The predicted molar refractivity (Wildman–Crippen MR) is 88.2 cm³/mol. The molecule has 3 aromatic rings. The van der Waals surface area contributed by atoms with Gasteiger partial charge in [0.1, 0.15) is 5.78 Å². The predicted octanol–water partition coefficient (Wildman–Crippen LogP) is 3.76. The second-order valence-corrected chi connectivity index (χ2v) is 6.91. The number of ketones is 1. The fourth-order valence-electron chi connectivity index (χ4n) is 4.28. The van der Waals surface area contributed by atoms with Crippen LogP contribution in [0.25, 0.3) is 22.2 Å². The molecule has 2 bridgehead atoms. The summed E-state index contributed by atoms with van der Waals surface area (Å²) in [6.07, 6.45) is 7.37. The quantitative estimate of drug-likeness (QED) is 0.719. The molecule has 0 spiro atoms. The van der Waals surface area contributed by atoms with Crippen LogP contribution >= 0.6 is 0 Å². The molecular formula is C19H17N3O2. The van der Waals surface area contributed by atoms with Crippen molar-refractivity contribution in [1.82, 2.24) is 15.1 Å². The Bertz CT molecular complexity index is 912. The van der Waals surface area contributed by atoms with E-state index in [4.69, 9.17) is 4.52 Å². The summed E-state index contributed by atoms with van der Waals surface area (Å²) in [5.74, 6) is 2.31. The van der Waals surface area contributed by atoms with Crippen LogP contribution in [0, 0.1) is 11.8 Å². The lowest BCUT2D eigenvalue weighted by atomic mass is 9.80. The molecule has 2 heterocycles. The molecule has 24 heavy (non-hydrogen) atoms. The van der Waals surface area contributed by atoms with Gasteiger partial charge in [-0.15, -0.1) is 0 Å². The molecule has 2 aliphatic carbocycles. The number of aromatic nitrogens is 3. The van der Waals surface area contributed by atoms with Crippen molar-refractivity contribution in [3.63, 3.8) is 0 Å². The minimum absolute atomic E-state index is 0.198. The first-order valence-corrected chi connectivity index (χ1v) is 8.50. The van der Waals surface area contributed by atoms with Gasteiger partial charge < -0.3 is 4.52 Å². The van der Waals surface area contributed by atoms with Crippen LogP contribution in [0.1, 0.15) is 37.5 Å². The van der Waals surface area contributed by atoms with Crippen molar-refractivity contribution in [2.75, 3.05) is 0 Å². The Morgan fingerprint density at radius 3 is 2.62 bits per heavy atom. The topological polar surface area (TPSA) is 68.9 Å². The first-order valence-electron chi connectivity index (χ1n) is 8.50. The Hall–Kier alpha value is -2.56. The minimum atomic E-state index is 0.198. The molecule has 2 aliphatic rings. The SMILES string of the molecule is O=C1[C@@H]2CC[C@H]1CC(c1nc(-c3cncc4ccccc34)no1)C2. The standard InChI is InChI=1S/C19H17N3O2/c23-17-11-5-6-12(17)8-14(7-11)19-21-18(22-24-19)16-10-20-9-13-3-1-2-4-15(13)16/h1-4,9-12,14H,5-8H2/t11-,12+,14?. The van der Waals surface area contributed by atoms with Crippen molar-refractivity contribution >= 4 is 16.6 Å². The number of pyridine rings is 1. The first-order chi connectivity index (χ1) is 11.8. The fourth-order valence-corrected chi connectivity index (χ4v) is 4.28. The van der Waals surface area contributed by atoms with Gasteiger partial charge in [-0.05, 0) is 31.1 Å². The Morgan fingerprint density at radius 1 is 1.00 bits per heavy atom. The summed E-state index contributed by atoms with van der Waals surface area (Å²) < 4.78 is 5.57. The molecule has 5 heteroatoms. The molecule has 120 valence electrons. The largest absolute Gasteiger partial charge is 0.339 e. The molecule has 5 nitrogen and oxygen atoms in total. The Balaban J connectivity index is 1.50. The number of nitrogens with zero attached hydrogens (tertiary/aromatic N) is 3. The molecule has 1 unspecified atom stereocenters. The van der Waals surface area contributed by atoms with Gasteiger partial charge >= 0.3 is 0 Å². The molecule has 0 saturated heterocycles. The van der Waals surface area contributed by atoms with E-state index in [1.165, 1.54) is 0 Å². The molecular weight excluding hydrogens is 302 g/mol. The van der Waals surface area contributed by atoms with Crippen LogP contribution in [0.3, 0.4) is 0 Å². The zero-order valence-corrected chi connectivity index (χ0v) is 13.2. The van der Waals surface area contributed by atoms with E-state index in [-0.39, 0.29) is 17.8 Å². The van der Waals surface area contributed by atoms with Crippen LogP contribution in [0.15, 0.2) is 41.2 Å². The molecule has 2 fully saturated rings. The summed E-state index contributed by atoms with van der Waals surface area (Å²) in [4.78, 5) is 21.0. The maximum Gasteiger partial charge on any atom is 0.230 e. The van der Waals surface area contributed by atoms with Crippen molar-refractivity contribution in [2.45, 2.75) is 31.6 Å². The van der Waals surface area contributed by atoms with Crippen LogP contribution in [0.2, 0.25) is 0 Å². The van der Waals surface area contributed by atoms with Gasteiger partial charge in [0.25, 0.3) is 0 Å². The third kappa shape index (κ3) is 2.08.